The fraction of sp³-hybridized carbons (Fsp3) is 0.562. The second-order valence-corrected chi connectivity index (χ2v) is 6.15. The number of benzene rings is 1. The second kappa shape index (κ2) is 5.75. The van der Waals surface area contributed by atoms with E-state index in [1.165, 1.54) is 0 Å². The molecule has 0 aromatic heterocycles. The van der Waals surface area contributed by atoms with Crippen LogP contribution in [-0.2, 0) is 4.79 Å². The number of aliphatic hydroxyl groups excluding tert-OH is 1. The highest BCUT2D eigenvalue weighted by Gasteiger charge is 2.47. The van der Waals surface area contributed by atoms with Crippen LogP contribution in [0.3, 0.4) is 0 Å². The first-order chi connectivity index (χ1) is 10.1. The molecule has 3 rings (SSSR count). The van der Waals surface area contributed by atoms with Crippen LogP contribution in [0, 0.1) is 0 Å². The molecule has 1 spiro atoms. The maximum atomic E-state index is 12.4. The van der Waals surface area contributed by atoms with Crippen molar-refractivity contribution in [2.75, 3.05) is 51.3 Å². The van der Waals surface area contributed by atoms with E-state index in [2.05, 4.69) is 9.80 Å². The van der Waals surface area contributed by atoms with E-state index in [0.717, 1.165) is 38.3 Å². The molecule has 1 unspecified atom stereocenters. The minimum atomic E-state index is 0.0128. The van der Waals surface area contributed by atoms with Gasteiger partial charge in [0.25, 0.3) is 0 Å². The van der Waals surface area contributed by atoms with Crippen LogP contribution < -0.4 is 4.90 Å². The van der Waals surface area contributed by atoms with Gasteiger partial charge in [-0.25, -0.2) is 0 Å². The molecule has 1 atom stereocenters. The van der Waals surface area contributed by atoms with E-state index in [4.69, 9.17) is 5.11 Å². The number of para-hydroxylation sites is 1. The van der Waals surface area contributed by atoms with Gasteiger partial charge in [-0.1, -0.05) is 18.2 Å². The van der Waals surface area contributed by atoms with Gasteiger partial charge < -0.3 is 10.0 Å². The number of rotatable bonds is 3. The van der Waals surface area contributed by atoms with Gasteiger partial charge in [-0.2, -0.15) is 0 Å². The topological polar surface area (TPSA) is 47.0 Å². The Morgan fingerprint density at radius 1 is 1.24 bits per heavy atom. The first-order valence-corrected chi connectivity index (χ1v) is 7.54. The lowest BCUT2D eigenvalue weighted by atomic mass is 9.92. The summed E-state index contributed by atoms with van der Waals surface area (Å²) in [5.41, 5.74) is 0.995. The van der Waals surface area contributed by atoms with E-state index in [9.17, 15) is 4.79 Å². The molecule has 5 nitrogen and oxygen atoms in total. The smallest absolute Gasteiger partial charge is 0.241 e. The summed E-state index contributed by atoms with van der Waals surface area (Å²) in [5, 5.41) is 9.13. The Bertz CT molecular complexity index is 508. The number of carbonyl (C=O) groups is 1. The molecule has 5 heteroatoms. The van der Waals surface area contributed by atoms with Gasteiger partial charge in [0, 0.05) is 31.9 Å². The summed E-state index contributed by atoms with van der Waals surface area (Å²) in [5.74, 6) is 0.162. The van der Waals surface area contributed by atoms with Gasteiger partial charge in [-0.15, -0.1) is 0 Å². The minimum absolute atomic E-state index is 0.0128. The lowest BCUT2D eigenvalue weighted by Crippen LogP contribution is -2.64. The van der Waals surface area contributed by atoms with E-state index in [0.29, 0.717) is 6.54 Å². The monoisotopic (exact) mass is 289 g/mol. The summed E-state index contributed by atoms with van der Waals surface area (Å²) in [6, 6.07) is 9.91. The first-order valence-electron chi connectivity index (χ1n) is 7.54. The minimum Gasteiger partial charge on any atom is -0.395 e. The molecule has 1 N–H and O–H groups in total. The molecule has 1 aromatic rings. The Balaban J connectivity index is 1.81. The van der Waals surface area contributed by atoms with Crippen molar-refractivity contribution in [2.45, 2.75) is 12.0 Å². The van der Waals surface area contributed by atoms with E-state index in [1.54, 1.807) is 0 Å². The number of likely N-dealkylation sites (tertiary alicyclic amines) is 1. The maximum Gasteiger partial charge on any atom is 0.241 e. The predicted molar refractivity (Wildman–Crippen MR) is 82.3 cm³/mol. The molecule has 2 fully saturated rings. The summed E-state index contributed by atoms with van der Waals surface area (Å²) in [7, 11) is 2.04. The Morgan fingerprint density at radius 3 is 2.71 bits per heavy atom. The van der Waals surface area contributed by atoms with Crippen LogP contribution >= 0.6 is 0 Å². The zero-order valence-electron chi connectivity index (χ0n) is 12.5. The molecule has 0 saturated carbocycles. The fourth-order valence-corrected chi connectivity index (χ4v) is 3.52. The van der Waals surface area contributed by atoms with Gasteiger partial charge >= 0.3 is 0 Å². The van der Waals surface area contributed by atoms with Crippen molar-refractivity contribution in [1.29, 1.82) is 0 Å². The van der Waals surface area contributed by atoms with Gasteiger partial charge in [0.1, 0.15) is 0 Å². The Kier molecular flexibility index (Phi) is 3.97. The fourth-order valence-electron chi connectivity index (χ4n) is 3.52. The van der Waals surface area contributed by atoms with E-state index in [1.807, 2.05) is 42.3 Å². The number of nitrogens with zero attached hydrogens (tertiary/aromatic N) is 3. The quantitative estimate of drug-likeness (QED) is 0.875. The number of aliphatic hydroxyl groups is 1. The largest absolute Gasteiger partial charge is 0.395 e. The predicted octanol–water partition coefficient (Wildman–Crippen LogP) is 0.402. The lowest BCUT2D eigenvalue weighted by Gasteiger charge is -2.47. The number of β-amino-alcohol motifs (C(OH)–C–C–N with tert-alkyl or cyclic N) is 1. The van der Waals surface area contributed by atoms with Crippen LogP contribution in [0.4, 0.5) is 5.69 Å². The molecule has 0 bridgehead atoms. The Hall–Kier alpha value is -1.43. The summed E-state index contributed by atoms with van der Waals surface area (Å²) in [6.45, 7) is 4.01. The number of likely N-dealkylation sites (N-methyl/N-ethyl adjacent to an activating group) is 1. The first kappa shape index (κ1) is 14.5. The van der Waals surface area contributed by atoms with Crippen molar-refractivity contribution in [3.63, 3.8) is 0 Å². The van der Waals surface area contributed by atoms with Crippen LogP contribution in [0.15, 0.2) is 30.3 Å². The molecular weight excluding hydrogens is 266 g/mol. The number of anilines is 1. The summed E-state index contributed by atoms with van der Waals surface area (Å²) in [4.78, 5) is 18.8. The molecule has 2 aliphatic heterocycles. The number of hydrogen-bond acceptors (Lipinski definition) is 4. The molecule has 1 aromatic carbocycles. The standard InChI is InChI=1S/C16H23N3O2/c1-17-11-15(21)19(14-5-3-2-4-6-14)13-16(17)7-8-18(12-16)9-10-20/h2-6,20H,7-13H2,1H3. The molecule has 2 aliphatic rings. The highest BCUT2D eigenvalue weighted by molar-refractivity contribution is 5.96. The number of piperazine rings is 1. The molecule has 2 saturated heterocycles. The van der Waals surface area contributed by atoms with Crippen LogP contribution in [0.1, 0.15) is 6.42 Å². The summed E-state index contributed by atoms with van der Waals surface area (Å²) in [6.07, 6.45) is 1.04. The average molecular weight is 289 g/mol. The highest BCUT2D eigenvalue weighted by Crippen LogP contribution is 2.33. The van der Waals surface area contributed by atoms with Crippen molar-refractivity contribution in [2.24, 2.45) is 0 Å². The third-order valence-electron chi connectivity index (χ3n) is 4.83. The van der Waals surface area contributed by atoms with Gasteiger partial charge in [-0.3, -0.25) is 14.6 Å². The van der Waals surface area contributed by atoms with Crippen molar-refractivity contribution in [3.05, 3.63) is 30.3 Å². The normalized spacial score (nSPS) is 27.7. The van der Waals surface area contributed by atoms with Gasteiger partial charge in [0.2, 0.25) is 5.91 Å². The van der Waals surface area contributed by atoms with Crippen molar-refractivity contribution in [1.82, 2.24) is 9.80 Å². The lowest BCUT2D eigenvalue weighted by molar-refractivity contribution is -0.123. The van der Waals surface area contributed by atoms with E-state index < -0.39 is 0 Å². The van der Waals surface area contributed by atoms with E-state index >= 15 is 0 Å². The van der Waals surface area contributed by atoms with Crippen LogP contribution in [-0.4, -0.2) is 72.7 Å². The van der Waals surface area contributed by atoms with Gasteiger partial charge in [0.15, 0.2) is 0 Å². The number of hydrogen-bond donors (Lipinski definition) is 1. The van der Waals surface area contributed by atoms with Crippen LogP contribution in [0.25, 0.3) is 0 Å². The van der Waals surface area contributed by atoms with Crippen LogP contribution in [0.5, 0.6) is 0 Å². The third kappa shape index (κ3) is 2.69. The van der Waals surface area contributed by atoms with Gasteiger partial charge in [0.05, 0.1) is 18.7 Å². The van der Waals surface area contributed by atoms with Crippen molar-refractivity contribution in [3.8, 4) is 0 Å². The Labute approximate surface area is 125 Å². The molecule has 0 aliphatic carbocycles. The SMILES string of the molecule is CN1CC(=O)N(c2ccccc2)CC12CCN(CCO)C2. The molecule has 21 heavy (non-hydrogen) atoms. The third-order valence-corrected chi connectivity index (χ3v) is 4.83. The maximum absolute atomic E-state index is 12.4. The molecular formula is C16H23N3O2. The highest BCUT2D eigenvalue weighted by atomic mass is 16.3. The zero-order chi connectivity index (χ0) is 14.9. The van der Waals surface area contributed by atoms with Gasteiger partial charge in [-0.05, 0) is 25.6 Å². The van der Waals surface area contributed by atoms with E-state index in [-0.39, 0.29) is 18.1 Å². The number of amides is 1. The second-order valence-electron chi connectivity index (χ2n) is 6.15. The molecule has 2 heterocycles. The Morgan fingerprint density at radius 2 is 2.00 bits per heavy atom. The molecule has 1 amide bonds. The zero-order valence-corrected chi connectivity index (χ0v) is 12.5. The number of carbonyl (C=O) groups excluding carboxylic acids is 1. The van der Waals surface area contributed by atoms with Crippen molar-refractivity contribution < 1.29 is 9.90 Å². The summed E-state index contributed by atoms with van der Waals surface area (Å²) >= 11 is 0. The molecule has 114 valence electrons. The van der Waals surface area contributed by atoms with Crippen molar-refractivity contribution >= 4 is 11.6 Å². The van der Waals surface area contributed by atoms with Crippen LogP contribution in [0.2, 0.25) is 0 Å². The molecule has 0 radical (unpaired) electrons. The summed E-state index contributed by atoms with van der Waals surface area (Å²) < 4.78 is 0. The average Bonchev–Trinajstić information content (AvgIpc) is 2.89.